The van der Waals surface area contributed by atoms with E-state index in [0.717, 1.165) is 0 Å². The normalized spacial score (nSPS) is 14.5. The minimum atomic E-state index is -0.192. The molecule has 0 aliphatic carbocycles. The molecule has 0 N–H and O–H groups in total. The van der Waals surface area contributed by atoms with Gasteiger partial charge in [0, 0.05) is 6.61 Å². The first kappa shape index (κ1) is 6.25. The molecule has 0 aliphatic heterocycles. The molecule has 2 heteroatoms. The zero-order valence-corrected chi connectivity index (χ0v) is 4.53. The van der Waals surface area contributed by atoms with E-state index in [1.807, 2.05) is 0 Å². The van der Waals surface area contributed by atoms with Crippen molar-refractivity contribution in [3.63, 3.8) is 0 Å². The number of halogens is 1. The van der Waals surface area contributed by atoms with Crippen molar-refractivity contribution in [2.24, 2.45) is 0 Å². The highest BCUT2D eigenvalue weighted by molar-refractivity contribution is 6.19. The van der Waals surface area contributed by atoms with Gasteiger partial charge in [0.1, 0.15) is 5.56 Å². The Hall–Kier alpha value is 0.250. The summed E-state index contributed by atoms with van der Waals surface area (Å²) in [4.78, 5) is 0. The van der Waals surface area contributed by atoms with Gasteiger partial charge in [-0.2, -0.15) is 0 Å². The van der Waals surface area contributed by atoms with Crippen LogP contribution in [0.15, 0.2) is 0 Å². The number of hydrogen-bond donors (Lipinski definition) is 0. The highest BCUT2D eigenvalue weighted by Gasteiger charge is 1.86. The van der Waals surface area contributed by atoms with Crippen LogP contribution in [0.3, 0.4) is 0 Å². The van der Waals surface area contributed by atoms with Crippen molar-refractivity contribution < 1.29 is 4.74 Å². The second-order valence-electron chi connectivity index (χ2n) is 0.914. The highest BCUT2D eigenvalue weighted by Crippen LogP contribution is 1.92. The van der Waals surface area contributed by atoms with Crippen LogP contribution in [0.25, 0.3) is 0 Å². The van der Waals surface area contributed by atoms with Gasteiger partial charge in [-0.1, -0.05) is 11.6 Å². The van der Waals surface area contributed by atoms with Crippen molar-refractivity contribution in [2.45, 2.75) is 12.5 Å². The Morgan fingerprint density at radius 1 is 2.00 bits per heavy atom. The predicted octanol–water partition coefficient (Wildman–Crippen LogP) is 1.42. The SMILES string of the molecule is [CH2]COC(C)Cl. The van der Waals surface area contributed by atoms with E-state index in [9.17, 15) is 0 Å². The van der Waals surface area contributed by atoms with Gasteiger partial charge in [0.25, 0.3) is 0 Å². The molecule has 0 amide bonds. The van der Waals surface area contributed by atoms with Gasteiger partial charge < -0.3 is 4.74 Å². The molecule has 0 heterocycles. The third kappa shape index (κ3) is 4.25. The molecule has 0 aromatic carbocycles. The summed E-state index contributed by atoms with van der Waals surface area (Å²) in [7, 11) is 0. The van der Waals surface area contributed by atoms with E-state index in [4.69, 9.17) is 16.3 Å². The summed E-state index contributed by atoms with van der Waals surface area (Å²) >= 11 is 5.32. The first-order valence-corrected chi connectivity index (χ1v) is 2.26. The summed E-state index contributed by atoms with van der Waals surface area (Å²) in [6.45, 7) is 5.62. The minimum absolute atomic E-state index is 0.192. The van der Waals surface area contributed by atoms with Crippen LogP contribution in [0.1, 0.15) is 6.92 Å². The molecule has 0 saturated carbocycles. The van der Waals surface area contributed by atoms with Gasteiger partial charge in [0.15, 0.2) is 0 Å². The lowest BCUT2D eigenvalue weighted by Gasteiger charge is -1.97. The largest absolute Gasteiger partial charge is 0.363 e. The summed E-state index contributed by atoms with van der Waals surface area (Å²) < 4.78 is 4.70. The first-order chi connectivity index (χ1) is 2.77. The average molecular weight is 108 g/mol. The van der Waals surface area contributed by atoms with Crippen LogP contribution >= 0.6 is 11.6 Å². The molecular weight excluding hydrogens is 99.5 g/mol. The standard InChI is InChI=1S/C4H8ClO/c1-3-6-4(2)5/h4H,1,3H2,2H3. The Labute approximate surface area is 43.3 Å². The number of alkyl halides is 1. The van der Waals surface area contributed by atoms with E-state index in [2.05, 4.69) is 6.92 Å². The third-order valence-electron chi connectivity index (χ3n) is 0.348. The van der Waals surface area contributed by atoms with Gasteiger partial charge in [-0.05, 0) is 13.8 Å². The van der Waals surface area contributed by atoms with E-state index < -0.39 is 0 Å². The Balaban J connectivity index is 2.63. The molecule has 0 aromatic heterocycles. The molecule has 1 nitrogen and oxygen atoms in total. The molecule has 0 saturated heterocycles. The lowest BCUT2D eigenvalue weighted by atomic mass is 10.8. The topological polar surface area (TPSA) is 9.23 Å². The van der Waals surface area contributed by atoms with E-state index in [0.29, 0.717) is 6.61 Å². The van der Waals surface area contributed by atoms with Gasteiger partial charge in [-0.25, -0.2) is 0 Å². The predicted molar refractivity (Wildman–Crippen MR) is 26.6 cm³/mol. The van der Waals surface area contributed by atoms with Crippen molar-refractivity contribution in [1.82, 2.24) is 0 Å². The van der Waals surface area contributed by atoms with Crippen molar-refractivity contribution in [2.75, 3.05) is 6.61 Å². The molecule has 0 spiro atoms. The first-order valence-electron chi connectivity index (χ1n) is 1.82. The molecule has 0 rings (SSSR count). The molecule has 0 aromatic rings. The maximum absolute atomic E-state index is 5.32. The van der Waals surface area contributed by atoms with Gasteiger partial charge in [-0.15, -0.1) is 0 Å². The van der Waals surface area contributed by atoms with Gasteiger partial charge in [0.2, 0.25) is 0 Å². The summed E-state index contributed by atoms with van der Waals surface area (Å²) in [6, 6.07) is 0. The van der Waals surface area contributed by atoms with E-state index in [-0.39, 0.29) is 5.56 Å². The monoisotopic (exact) mass is 107 g/mol. The van der Waals surface area contributed by atoms with Crippen LogP contribution in [0.2, 0.25) is 0 Å². The third-order valence-corrected chi connectivity index (χ3v) is 0.474. The number of rotatable bonds is 2. The maximum atomic E-state index is 5.32. The molecule has 37 valence electrons. The van der Waals surface area contributed by atoms with E-state index in [1.54, 1.807) is 6.92 Å². The zero-order valence-electron chi connectivity index (χ0n) is 3.78. The van der Waals surface area contributed by atoms with Crippen molar-refractivity contribution in [3.05, 3.63) is 6.92 Å². The average Bonchev–Trinajstić information content (AvgIpc) is 1.35. The van der Waals surface area contributed by atoms with Crippen LogP contribution in [0, 0.1) is 6.92 Å². The fraction of sp³-hybridized carbons (Fsp3) is 0.750. The van der Waals surface area contributed by atoms with E-state index in [1.165, 1.54) is 0 Å². The van der Waals surface area contributed by atoms with Gasteiger partial charge in [0.05, 0.1) is 0 Å². The Bertz CT molecular complexity index is 28.7. The van der Waals surface area contributed by atoms with Crippen LogP contribution in [0.4, 0.5) is 0 Å². The summed E-state index contributed by atoms with van der Waals surface area (Å²) in [6.07, 6.45) is 0. The second-order valence-corrected chi connectivity index (χ2v) is 1.53. The molecule has 0 aliphatic rings. The van der Waals surface area contributed by atoms with E-state index >= 15 is 0 Å². The van der Waals surface area contributed by atoms with Crippen LogP contribution in [-0.2, 0) is 4.74 Å². The second kappa shape index (κ2) is 3.44. The molecule has 0 fully saturated rings. The Morgan fingerprint density at radius 3 is 2.50 bits per heavy atom. The summed E-state index contributed by atoms with van der Waals surface area (Å²) in [5.74, 6) is 0. The van der Waals surface area contributed by atoms with Crippen molar-refractivity contribution >= 4 is 11.6 Å². The summed E-state index contributed by atoms with van der Waals surface area (Å²) in [5, 5.41) is 0. The Morgan fingerprint density at radius 2 is 2.50 bits per heavy atom. The maximum Gasteiger partial charge on any atom is 0.128 e. The molecular formula is C4H8ClO. The van der Waals surface area contributed by atoms with Gasteiger partial charge >= 0.3 is 0 Å². The highest BCUT2D eigenvalue weighted by atomic mass is 35.5. The molecule has 1 radical (unpaired) electrons. The fourth-order valence-corrected chi connectivity index (χ4v) is 0.251. The minimum Gasteiger partial charge on any atom is -0.363 e. The zero-order chi connectivity index (χ0) is 4.99. The van der Waals surface area contributed by atoms with Crippen LogP contribution in [-0.4, -0.2) is 12.2 Å². The lowest BCUT2D eigenvalue weighted by molar-refractivity contribution is 0.145. The summed E-state index contributed by atoms with van der Waals surface area (Å²) in [5.41, 5.74) is -0.192. The van der Waals surface area contributed by atoms with Crippen molar-refractivity contribution in [1.29, 1.82) is 0 Å². The van der Waals surface area contributed by atoms with Gasteiger partial charge in [-0.3, -0.25) is 0 Å². The fourth-order valence-electron chi connectivity index (χ4n) is 0.162. The lowest BCUT2D eigenvalue weighted by Crippen LogP contribution is -1.96. The van der Waals surface area contributed by atoms with Crippen LogP contribution in [0.5, 0.6) is 0 Å². The van der Waals surface area contributed by atoms with Crippen LogP contribution < -0.4 is 0 Å². The molecule has 6 heavy (non-hydrogen) atoms. The molecule has 0 bridgehead atoms. The molecule has 1 atom stereocenters. The quantitative estimate of drug-likeness (QED) is 0.485. The number of hydrogen-bond acceptors (Lipinski definition) is 1. The Kier molecular flexibility index (Phi) is 3.58. The molecule has 1 unspecified atom stereocenters. The smallest absolute Gasteiger partial charge is 0.128 e. The van der Waals surface area contributed by atoms with Crippen molar-refractivity contribution in [3.8, 4) is 0 Å². The number of ether oxygens (including phenoxy) is 1.